The molecule has 5 fully saturated rings. The second kappa shape index (κ2) is 12.4. The van der Waals surface area contributed by atoms with Gasteiger partial charge >= 0.3 is 5.97 Å². The minimum atomic E-state index is -2.86. The summed E-state index contributed by atoms with van der Waals surface area (Å²) in [7, 11) is -2.86. The number of carboxylic acids is 1. The van der Waals surface area contributed by atoms with Gasteiger partial charge in [0.15, 0.2) is 9.84 Å². The van der Waals surface area contributed by atoms with Gasteiger partial charge in [-0.3, -0.25) is 0 Å². The molecular weight excluding hydrogens is 641 g/mol. The Morgan fingerprint density at radius 2 is 1.68 bits per heavy atom. The highest BCUT2D eigenvalue weighted by Crippen LogP contribution is 2.76. The fourth-order valence-corrected chi connectivity index (χ4v) is 15.7. The van der Waals surface area contributed by atoms with E-state index in [1.165, 1.54) is 68.1 Å². The van der Waals surface area contributed by atoms with E-state index in [0.717, 1.165) is 31.5 Å². The van der Waals surface area contributed by atoms with Gasteiger partial charge in [-0.1, -0.05) is 58.9 Å². The number of sulfone groups is 1. The van der Waals surface area contributed by atoms with Crippen LogP contribution in [0.3, 0.4) is 0 Å². The van der Waals surface area contributed by atoms with E-state index in [4.69, 9.17) is 0 Å². The lowest BCUT2D eigenvalue weighted by Gasteiger charge is -2.72. The smallest absolute Gasteiger partial charge is 0.331 e. The van der Waals surface area contributed by atoms with Crippen molar-refractivity contribution in [2.75, 3.05) is 37.7 Å². The van der Waals surface area contributed by atoms with Crippen molar-refractivity contribution >= 4 is 15.8 Å². The number of carboxylic acid groups (broad SMARTS) is 1. The van der Waals surface area contributed by atoms with Gasteiger partial charge < -0.3 is 15.3 Å². The summed E-state index contributed by atoms with van der Waals surface area (Å²) in [5.41, 5.74) is 6.77. The van der Waals surface area contributed by atoms with Crippen LogP contribution in [-0.2, 0) is 14.6 Å². The molecule has 1 saturated heterocycles. The van der Waals surface area contributed by atoms with E-state index in [2.05, 4.69) is 70.5 Å². The van der Waals surface area contributed by atoms with Crippen molar-refractivity contribution in [1.29, 1.82) is 0 Å². The number of allylic oxidation sites excluding steroid dienone is 6. The van der Waals surface area contributed by atoms with Gasteiger partial charge in [-0.2, -0.15) is 0 Å². The summed E-state index contributed by atoms with van der Waals surface area (Å²) in [5.74, 6) is 3.01. The van der Waals surface area contributed by atoms with Crippen molar-refractivity contribution in [2.24, 2.45) is 51.2 Å². The highest BCUT2D eigenvalue weighted by molar-refractivity contribution is 7.91. The summed E-state index contributed by atoms with van der Waals surface area (Å²) < 4.78 is 24.1. The summed E-state index contributed by atoms with van der Waals surface area (Å²) in [5, 5.41) is 13.9. The fourth-order valence-electron chi connectivity index (χ4n) is 14.4. The second-order valence-electron chi connectivity index (χ2n) is 19.4. The van der Waals surface area contributed by atoms with E-state index in [9.17, 15) is 18.3 Å². The molecule has 4 saturated carbocycles. The molecule has 7 rings (SSSR count). The maximum Gasteiger partial charge on any atom is 0.331 e. The zero-order valence-corrected chi connectivity index (χ0v) is 33.1. The zero-order chi connectivity index (χ0) is 36.1. The third kappa shape index (κ3) is 5.51. The third-order valence-electron chi connectivity index (χ3n) is 17.1. The molecule has 50 heavy (non-hydrogen) atoms. The predicted octanol–water partition coefficient (Wildman–Crippen LogP) is 8.37. The Kier molecular flexibility index (Phi) is 9.11. The molecule has 0 aromatic carbocycles. The van der Waals surface area contributed by atoms with Crippen LogP contribution in [0.25, 0.3) is 0 Å². The largest absolute Gasteiger partial charge is 0.478 e. The molecule has 0 aromatic heterocycles. The standard InChI is InChI=1S/C43H66N2O4S/c1-28(2)31-13-18-43(44-21-22-45-23-25-50(48,49)26-24-45)20-19-41(7)34(37(31)43)11-12-36-40(6)16-14-33(30-9-10-32(38(46)47)29(3)27-30)39(4,5)35(40)15-17-42(36,41)8/h14,27,31,34-37,44H,1,9-13,15-26H2,2-8H3,(H,46,47)/t31-,34+,35-,36+,37+,40-,41+,42+,43-/m0/s1. The van der Waals surface area contributed by atoms with Crippen LogP contribution < -0.4 is 5.32 Å². The first-order valence-corrected chi connectivity index (χ1v) is 21.9. The molecule has 0 spiro atoms. The minimum Gasteiger partial charge on any atom is -0.478 e. The van der Waals surface area contributed by atoms with Gasteiger partial charge in [0, 0.05) is 37.3 Å². The zero-order valence-electron chi connectivity index (χ0n) is 32.3. The summed E-state index contributed by atoms with van der Waals surface area (Å²) in [6.07, 6.45) is 17.6. The lowest BCUT2D eigenvalue weighted by molar-refractivity contribution is -0.221. The van der Waals surface area contributed by atoms with Crippen LogP contribution in [0, 0.1) is 51.2 Å². The van der Waals surface area contributed by atoms with Crippen LogP contribution in [-0.4, -0.2) is 67.6 Å². The fraction of sp³-hybridized carbons (Fsp3) is 0.791. The lowest BCUT2D eigenvalue weighted by Crippen LogP contribution is -2.68. The van der Waals surface area contributed by atoms with Gasteiger partial charge in [0.1, 0.15) is 0 Å². The number of fused-ring (bicyclic) bond motifs is 7. The molecule has 2 N–H and O–H groups in total. The highest BCUT2D eigenvalue weighted by Gasteiger charge is 2.70. The van der Waals surface area contributed by atoms with Gasteiger partial charge in [0.25, 0.3) is 0 Å². The van der Waals surface area contributed by atoms with Crippen molar-refractivity contribution in [3.8, 4) is 0 Å². The first-order chi connectivity index (χ1) is 23.4. The van der Waals surface area contributed by atoms with Crippen LogP contribution in [0.1, 0.15) is 119 Å². The number of aliphatic carboxylic acids is 1. The summed E-state index contributed by atoms with van der Waals surface area (Å²) in [6.45, 7) is 25.2. The lowest BCUT2D eigenvalue weighted by atomic mass is 9.33. The number of carbonyl (C=O) groups is 1. The molecule has 0 aromatic rings. The number of hydrogen-bond acceptors (Lipinski definition) is 5. The molecule has 0 amide bonds. The van der Waals surface area contributed by atoms with Gasteiger partial charge in [0.2, 0.25) is 0 Å². The quantitative estimate of drug-likeness (QED) is 0.259. The first kappa shape index (κ1) is 36.6. The third-order valence-corrected chi connectivity index (χ3v) is 18.7. The maximum absolute atomic E-state index is 12.0. The van der Waals surface area contributed by atoms with Gasteiger partial charge in [0.05, 0.1) is 11.5 Å². The van der Waals surface area contributed by atoms with Crippen molar-refractivity contribution in [2.45, 2.75) is 125 Å². The van der Waals surface area contributed by atoms with Crippen molar-refractivity contribution in [3.63, 3.8) is 0 Å². The number of hydrogen-bond donors (Lipinski definition) is 2. The van der Waals surface area contributed by atoms with Crippen molar-refractivity contribution in [1.82, 2.24) is 10.2 Å². The van der Waals surface area contributed by atoms with Crippen molar-refractivity contribution < 1.29 is 18.3 Å². The molecule has 0 radical (unpaired) electrons. The molecule has 0 unspecified atom stereocenters. The Morgan fingerprint density at radius 3 is 2.34 bits per heavy atom. The normalized spacial score (nSPS) is 43.9. The van der Waals surface area contributed by atoms with Gasteiger partial charge in [-0.25, -0.2) is 13.2 Å². The SMILES string of the molecule is C=C(C)[C@@H]1CC[C@]2(NCCN3CCS(=O)(=O)CC3)CC[C@]3(C)[C@H](CC[C@@H]4[C@@]5(C)CC=C(C6=CC(C)=C(C(=O)O)CC6)C(C)(C)[C@@H]5CC[C@]43C)[C@@H]12. The first-order valence-electron chi connectivity index (χ1n) is 20.1. The average molecular weight is 707 g/mol. The Labute approximate surface area is 303 Å². The van der Waals surface area contributed by atoms with Crippen LogP contribution >= 0.6 is 0 Å². The maximum atomic E-state index is 12.0. The highest BCUT2D eigenvalue weighted by atomic mass is 32.2. The molecule has 6 aliphatic carbocycles. The summed E-state index contributed by atoms with van der Waals surface area (Å²) in [6, 6.07) is 0. The van der Waals surface area contributed by atoms with E-state index in [1.54, 1.807) is 0 Å². The molecule has 1 aliphatic heterocycles. The van der Waals surface area contributed by atoms with E-state index >= 15 is 0 Å². The molecule has 7 aliphatic rings. The van der Waals surface area contributed by atoms with Crippen molar-refractivity contribution in [3.05, 3.63) is 46.6 Å². The Hall–Kier alpha value is -1.70. The predicted molar refractivity (Wildman–Crippen MR) is 203 cm³/mol. The van der Waals surface area contributed by atoms with Crippen LogP contribution in [0.2, 0.25) is 0 Å². The Bertz CT molecular complexity index is 1620. The molecular formula is C43H66N2O4S. The number of rotatable bonds is 7. The monoisotopic (exact) mass is 706 g/mol. The van der Waals surface area contributed by atoms with E-state index in [1.807, 2.05) is 6.92 Å². The Morgan fingerprint density at radius 1 is 0.960 bits per heavy atom. The van der Waals surface area contributed by atoms with Crippen LogP contribution in [0.5, 0.6) is 0 Å². The van der Waals surface area contributed by atoms with Gasteiger partial charge in [-0.15, -0.1) is 0 Å². The molecule has 0 bridgehead atoms. The number of nitrogens with zero attached hydrogens (tertiary/aromatic N) is 1. The average Bonchev–Trinajstić information content (AvgIpc) is 3.42. The van der Waals surface area contributed by atoms with E-state index in [-0.39, 0.29) is 27.2 Å². The molecule has 1 heterocycles. The Balaban J connectivity index is 1.15. The number of nitrogens with one attached hydrogen (secondary N) is 1. The second-order valence-corrected chi connectivity index (χ2v) is 21.7. The van der Waals surface area contributed by atoms with Gasteiger partial charge in [-0.05, 0) is 152 Å². The van der Waals surface area contributed by atoms with E-state index in [0.29, 0.717) is 66.2 Å². The minimum absolute atomic E-state index is 0.0552. The summed E-state index contributed by atoms with van der Waals surface area (Å²) >= 11 is 0. The molecule has 6 nitrogen and oxygen atoms in total. The van der Waals surface area contributed by atoms with Crippen LogP contribution in [0.15, 0.2) is 46.6 Å². The topological polar surface area (TPSA) is 86.7 Å². The van der Waals surface area contributed by atoms with E-state index < -0.39 is 15.8 Å². The molecule has 9 atom stereocenters. The summed E-state index contributed by atoms with van der Waals surface area (Å²) in [4.78, 5) is 14.2. The molecule has 7 heteroatoms. The molecule has 278 valence electrons. The van der Waals surface area contributed by atoms with Crippen LogP contribution in [0.4, 0.5) is 0 Å².